The lowest BCUT2D eigenvalue weighted by Gasteiger charge is -2.10. The highest BCUT2D eigenvalue weighted by atomic mass is 19.4. The van der Waals surface area contributed by atoms with E-state index in [9.17, 15) is 22.8 Å². The molecule has 0 aliphatic carbocycles. The number of hydrogen-bond donors (Lipinski definition) is 2. The number of alkyl halides is 3. The summed E-state index contributed by atoms with van der Waals surface area (Å²) in [6.45, 7) is 0. The van der Waals surface area contributed by atoms with E-state index in [1.54, 1.807) is 5.32 Å². The lowest BCUT2D eigenvalue weighted by atomic mass is 10.1. The molecule has 1 aliphatic rings. The number of hydrogen-bond acceptors (Lipinski definition) is 2. The van der Waals surface area contributed by atoms with Crippen molar-refractivity contribution in [1.29, 1.82) is 0 Å². The van der Waals surface area contributed by atoms with Crippen LogP contribution in [0.25, 0.3) is 0 Å². The minimum Gasteiger partial charge on any atom is -0.480 e. The predicted molar refractivity (Wildman–Crippen MR) is 33.7 cm³/mol. The maximum absolute atomic E-state index is 12.0. The van der Waals surface area contributed by atoms with Crippen LogP contribution in [0.1, 0.15) is 6.42 Å². The molecule has 1 rings (SSSR count). The predicted octanol–water partition coefficient (Wildman–Crippen LogP) is 0.138. The van der Waals surface area contributed by atoms with Crippen LogP contribution >= 0.6 is 0 Å². The molecule has 0 aromatic carbocycles. The van der Waals surface area contributed by atoms with Gasteiger partial charge in [-0.3, -0.25) is 4.79 Å². The minimum absolute atomic E-state index is 0.725. The molecule has 2 atom stereocenters. The van der Waals surface area contributed by atoms with Crippen LogP contribution < -0.4 is 5.32 Å². The summed E-state index contributed by atoms with van der Waals surface area (Å²) >= 11 is 0. The van der Waals surface area contributed by atoms with Crippen LogP contribution in [-0.4, -0.2) is 29.2 Å². The number of carboxylic acids is 1. The maximum atomic E-state index is 12.0. The average Bonchev–Trinajstić information content (AvgIpc) is 2.29. The van der Waals surface area contributed by atoms with Gasteiger partial charge in [0.05, 0.1) is 0 Å². The number of carbonyl (C=O) groups is 2. The Balaban J connectivity index is 2.73. The molecule has 1 unspecified atom stereocenters. The summed E-state index contributed by atoms with van der Waals surface area (Å²) in [4.78, 5) is 20.9. The Kier molecular flexibility index (Phi) is 2.19. The standard InChI is InChI=1S/C6H6F3NO3/c7-6(8,9)2-1-3(5(12)13)10-4(2)11/h2-3H,1H2,(H,10,11)(H,12,13)/t2?,3-/m0/s1. The van der Waals surface area contributed by atoms with Crippen molar-refractivity contribution in [3.05, 3.63) is 0 Å². The second kappa shape index (κ2) is 2.90. The molecule has 4 nitrogen and oxygen atoms in total. The van der Waals surface area contributed by atoms with Gasteiger partial charge in [0.1, 0.15) is 12.0 Å². The molecule has 0 aromatic rings. The second-order valence-corrected chi connectivity index (χ2v) is 2.73. The molecular formula is C6H6F3NO3. The van der Waals surface area contributed by atoms with Gasteiger partial charge in [0.25, 0.3) is 0 Å². The summed E-state index contributed by atoms with van der Waals surface area (Å²) in [5.74, 6) is -4.89. The van der Waals surface area contributed by atoms with Crippen LogP contribution in [-0.2, 0) is 9.59 Å². The number of carboxylic acid groups (broad SMARTS) is 1. The van der Waals surface area contributed by atoms with Gasteiger partial charge in [0, 0.05) is 0 Å². The van der Waals surface area contributed by atoms with Crippen molar-refractivity contribution in [2.24, 2.45) is 5.92 Å². The minimum atomic E-state index is -4.66. The molecule has 0 aromatic heterocycles. The van der Waals surface area contributed by atoms with Crippen LogP contribution in [0.4, 0.5) is 13.2 Å². The van der Waals surface area contributed by atoms with E-state index in [4.69, 9.17) is 5.11 Å². The van der Waals surface area contributed by atoms with Crippen LogP contribution in [0.3, 0.4) is 0 Å². The van der Waals surface area contributed by atoms with Gasteiger partial charge < -0.3 is 10.4 Å². The monoisotopic (exact) mass is 197 g/mol. The number of halogens is 3. The molecule has 7 heteroatoms. The number of rotatable bonds is 1. The smallest absolute Gasteiger partial charge is 0.400 e. The van der Waals surface area contributed by atoms with Crippen molar-refractivity contribution >= 4 is 11.9 Å². The molecule has 0 bridgehead atoms. The van der Waals surface area contributed by atoms with E-state index in [0.29, 0.717) is 0 Å². The maximum Gasteiger partial charge on any atom is 0.400 e. The fourth-order valence-electron chi connectivity index (χ4n) is 1.12. The lowest BCUT2D eigenvalue weighted by molar-refractivity contribution is -0.178. The van der Waals surface area contributed by atoms with E-state index in [0.717, 1.165) is 0 Å². The summed E-state index contributed by atoms with van der Waals surface area (Å²) in [7, 11) is 0. The highest BCUT2D eigenvalue weighted by Gasteiger charge is 2.51. The van der Waals surface area contributed by atoms with Crippen molar-refractivity contribution in [2.45, 2.75) is 18.6 Å². The second-order valence-electron chi connectivity index (χ2n) is 2.73. The first-order valence-corrected chi connectivity index (χ1v) is 3.42. The van der Waals surface area contributed by atoms with Crippen molar-refractivity contribution < 1.29 is 27.9 Å². The van der Waals surface area contributed by atoms with Crippen LogP contribution in [0.15, 0.2) is 0 Å². The third kappa shape index (κ3) is 1.90. The Morgan fingerprint density at radius 3 is 2.31 bits per heavy atom. The first kappa shape index (κ1) is 9.82. The number of nitrogens with one attached hydrogen (secondary N) is 1. The highest BCUT2D eigenvalue weighted by Crippen LogP contribution is 2.33. The molecular weight excluding hydrogens is 191 g/mol. The van der Waals surface area contributed by atoms with Gasteiger partial charge in [0.2, 0.25) is 5.91 Å². The van der Waals surface area contributed by atoms with Gasteiger partial charge in [-0.1, -0.05) is 0 Å². The van der Waals surface area contributed by atoms with Crippen molar-refractivity contribution in [1.82, 2.24) is 5.32 Å². The largest absolute Gasteiger partial charge is 0.480 e. The van der Waals surface area contributed by atoms with Gasteiger partial charge >= 0.3 is 12.1 Å². The van der Waals surface area contributed by atoms with E-state index in [1.807, 2.05) is 0 Å². The van der Waals surface area contributed by atoms with Crippen molar-refractivity contribution in [3.63, 3.8) is 0 Å². The molecule has 13 heavy (non-hydrogen) atoms. The van der Waals surface area contributed by atoms with Gasteiger partial charge in [-0.2, -0.15) is 13.2 Å². The summed E-state index contributed by atoms with van der Waals surface area (Å²) in [6, 6.07) is -1.42. The van der Waals surface area contributed by atoms with E-state index in [1.165, 1.54) is 0 Å². The first-order chi connectivity index (χ1) is 5.82. The lowest BCUT2D eigenvalue weighted by Crippen LogP contribution is -2.34. The topological polar surface area (TPSA) is 66.4 Å². The van der Waals surface area contributed by atoms with E-state index in [2.05, 4.69) is 0 Å². The third-order valence-corrected chi connectivity index (χ3v) is 1.80. The zero-order valence-electron chi connectivity index (χ0n) is 6.26. The summed E-state index contributed by atoms with van der Waals surface area (Å²) in [5, 5.41) is 10.1. The molecule has 2 N–H and O–H groups in total. The SMILES string of the molecule is O=C1N[C@H](C(=O)O)CC1C(F)(F)F. The van der Waals surface area contributed by atoms with E-state index < -0.39 is 36.4 Å². The normalized spacial score (nSPS) is 28.7. The van der Waals surface area contributed by atoms with E-state index >= 15 is 0 Å². The molecule has 0 spiro atoms. The summed E-state index contributed by atoms with van der Waals surface area (Å²) < 4.78 is 36.0. The Morgan fingerprint density at radius 2 is 2.08 bits per heavy atom. The Labute approximate surface area is 70.7 Å². The number of carbonyl (C=O) groups excluding carboxylic acids is 1. The van der Waals surface area contributed by atoms with Crippen LogP contribution in [0.5, 0.6) is 0 Å². The number of amides is 1. The highest BCUT2D eigenvalue weighted by molar-refractivity contribution is 5.89. The fraction of sp³-hybridized carbons (Fsp3) is 0.667. The molecule has 74 valence electrons. The molecule has 1 heterocycles. The average molecular weight is 197 g/mol. The molecule has 0 radical (unpaired) electrons. The van der Waals surface area contributed by atoms with Gasteiger partial charge in [-0.15, -0.1) is 0 Å². The Morgan fingerprint density at radius 1 is 1.54 bits per heavy atom. The molecule has 1 aliphatic heterocycles. The molecule has 1 fully saturated rings. The van der Waals surface area contributed by atoms with E-state index in [-0.39, 0.29) is 0 Å². The van der Waals surface area contributed by atoms with Crippen LogP contribution in [0.2, 0.25) is 0 Å². The zero-order valence-corrected chi connectivity index (χ0v) is 6.26. The first-order valence-electron chi connectivity index (χ1n) is 3.42. The molecule has 1 amide bonds. The Hall–Kier alpha value is -1.27. The molecule has 0 saturated carbocycles. The van der Waals surface area contributed by atoms with Gasteiger partial charge in [0.15, 0.2) is 0 Å². The Bertz CT molecular complexity index is 250. The zero-order chi connectivity index (χ0) is 10.2. The van der Waals surface area contributed by atoms with Crippen molar-refractivity contribution in [3.8, 4) is 0 Å². The summed E-state index contributed by atoms with van der Waals surface area (Å²) in [5.41, 5.74) is 0. The van der Waals surface area contributed by atoms with Crippen molar-refractivity contribution in [2.75, 3.05) is 0 Å². The van der Waals surface area contributed by atoms with Crippen LogP contribution in [0, 0.1) is 5.92 Å². The fourth-order valence-corrected chi connectivity index (χ4v) is 1.12. The molecule has 1 saturated heterocycles. The third-order valence-electron chi connectivity index (χ3n) is 1.80. The quantitative estimate of drug-likeness (QED) is 0.628. The number of aliphatic carboxylic acids is 1. The van der Waals surface area contributed by atoms with Gasteiger partial charge in [-0.05, 0) is 6.42 Å². The van der Waals surface area contributed by atoms with Gasteiger partial charge in [-0.25, -0.2) is 4.79 Å². The summed E-state index contributed by atoms with van der Waals surface area (Å²) in [6.07, 6.45) is -5.38.